The molecule has 9 heteroatoms. The highest BCUT2D eigenvalue weighted by Gasteiger charge is 2.40. The molecule has 1 atom stereocenters. The Balaban J connectivity index is 1.71. The first-order valence-corrected chi connectivity index (χ1v) is 9.49. The van der Waals surface area contributed by atoms with Gasteiger partial charge in [-0.1, -0.05) is 18.2 Å². The van der Waals surface area contributed by atoms with Gasteiger partial charge in [0.25, 0.3) is 17.7 Å². The van der Waals surface area contributed by atoms with Crippen molar-refractivity contribution in [3.8, 4) is 5.75 Å². The number of amides is 3. The zero-order chi connectivity index (χ0) is 21.6. The Labute approximate surface area is 172 Å². The quantitative estimate of drug-likeness (QED) is 0.436. The molecule has 2 aromatic carbocycles. The molecule has 0 saturated carbocycles. The molecule has 0 radical (unpaired) electrons. The maximum absolute atomic E-state index is 13.0. The first-order valence-electron chi connectivity index (χ1n) is 9.49. The minimum atomic E-state index is -0.819. The molecule has 154 valence electrons. The van der Waals surface area contributed by atoms with E-state index in [0.29, 0.717) is 11.1 Å². The van der Waals surface area contributed by atoms with E-state index < -0.39 is 28.7 Å². The third-order valence-corrected chi connectivity index (χ3v) is 5.25. The summed E-state index contributed by atoms with van der Waals surface area (Å²) in [7, 11) is 0. The summed E-state index contributed by atoms with van der Waals surface area (Å²) in [5.41, 5.74) is 0.361. The van der Waals surface area contributed by atoms with Crippen molar-refractivity contribution in [2.24, 2.45) is 0 Å². The van der Waals surface area contributed by atoms with Gasteiger partial charge in [0.2, 0.25) is 5.75 Å². The molecule has 0 saturated heterocycles. The van der Waals surface area contributed by atoms with Crippen LogP contribution in [0.1, 0.15) is 44.9 Å². The normalized spacial score (nSPS) is 18.2. The number of imide groups is 1. The van der Waals surface area contributed by atoms with Gasteiger partial charge in [-0.2, -0.15) is 0 Å². The van der Waals surface area contributed by atoms with Crippen LogP contribution in [0.5, 0.6) is 5.75 Å². The van der Waals surface area contributed by atoms with Crippen LogP contribution in [0.3, 0.4) is 0 Å². The molecule has 2 aliphatic heterocycles. The first kappa shape index (κ1) is 19.6. The predicted molar refractivity (Wildman–Crippen MR) is 105 cm³/mol. The van der Waals surface area contributed by atoms with Crippen molar-refractivity contribution in [2.75, 3.05) is 13.1 Å². The summed E-state index contributed by atoms with van der Waals surface area (Å²) in [6.45, 7) is 3.59. The lowest BCUT2D eigenvalue weighted by Crippen LogP contribution is -2.47. The Morgan fingerprint density at radius 3 is 2.17 bits per heavy atom. The summed E-state index contributed by atoms with van der Waals surface area (Å²) < 4.78 is 5.91. The van der Waals surface area contributed by atoms with Crippen molar-refractivity contribution < 1.29 is 24.0 Å². The monoisotopic (exact) mass is 409 g/mol. The highest BCUT2D eigenvalue weighted by molar-refractivity contribution is 6.21. The van der Waals surface area contributed by atoms with E-state index in [-0.39, 0.29) is 36.1 Å². The van der Waals surface area contributed by atoms with Crippen LogP contribution in [0.2, 0.25) is 0 Å². The number of hydrogen-bond acceptors (Lipinski definition) is 6. The zero-order valence-corrected chi connectivity index (χ0v) is 16.4. The number of carbonyl (C=O) groups excluding carboxylic acids is 3. The number of nitro groups is 1. The molecule has 1 unspecified atom stereocenters. The number of rotatable bonds is 4. The number of fused-ring (bicyclic) bond motifs is 2. The molecule has 4 rings (SSSR count). The number of hydrogen-bond donors (Lipinski definition) is 0. The molecule has 2 heterocycles. The molecule has 2 aliphatic rings. The second kappa shape index (κ2) is 7.25. The summed E-state index contributed by atoms with van der Waals surface area (Å²) in [5.74, 6) is -1.44. The molecule has 3 amide bonds. The first-order chi connectivity index (χ1) is 14.3. The second-order valence-electron chi connectivity index (χ2n) is 7.47. The molecular weight excluding hydrogens is 390 g/mol. The molecule has 0 fully saturated rings. The van der Waals surface area contributed by atoms with Crippen LogP contribution in [-0.4, -0.2) is 57.7 Å². The van der Waals surface area contributed by atoms with Gasteiger partial charge in [-0.25, -0.2) is 0 Å². The van der Waals surface area contributed by atoms with Gasteiger partial charge in [-0.15, -0.1) is 0 Å². The molecule has 2 aromatic rings. The molecule has 0 aromatic heterocycles. The van der Waals surface area contributed by atoms with E-state index in [1.165, 1.54) is 23.1 Å². The smallest absolute Gasteiger partial charge is 0.311 e. The second-order valence-corrected chi connectivity index (χ2v) is 7.47. The van der Waals surface area contributed by atoms with Gasteiger partial charge in [0, 0.05) is 12.1 Å². The average Bonchev–Trinajstić information content (AvgIpc) is 2.86. The van der Waals surface area contributed by atoms with Crippen LogP contribution >= 0.6 is 0 Å². The van der Waals surface area contributed by atoms with Gasteiger partial charge in [-0.3, -0.25) is 29.4 Å². The molecule has 0 N–H and O–H groups in total. The summed E-state index contributed by atoms with van der Waals surface area (Å²) in [6, 6.07) is 10.5. The maximum Gasteiger partial charge on any atom is 0.311 e. The van der Waals surface area contributed by atoms with Gasteiger partial charge in [0.1, 0.15) is 6.10 Å². The van der Waals surface area contributed by atoms with E-state index >= 15 is 0 Å². The van der Waals surface area contributed by atoms with Gasteiger partial charge >= 0.3 is 5.69 Å². The summed E-state index contributed by atoms with van der Waals surface area (Å²) >= 11 is 0. The standard InChI is InChI=1S/C21H19N3O6/c1-12(2)22-10-13(11-23-19(25)14-6-3-4-7-15(14)20(23)26)30-18-16(21(22)27)8-5-9-17(18)24(28)29/h3-9,12-13H,10-11H2,1-2H3. The van der Waals surface area contributed by atoms with Crippen molar-refractivity contribution in [3.63, 3.8) is 0 Å². The third-order valence-electron chi connectivity index (χ3n) is 5.25. The van der Waals surface area contributed by atoms with Crippen molar-refractivity contribution in [3.05, 3.63) is 69.3 Å². The number of benzene rings is 2. The fourth-order valence-corrected chi connectivity index (χ4v) is 3.77. The van der Waals surface area contributed by atoms with E-state index in [9.17, 15) is 24.5 Å². The summed E-state index contributed by atoms with van der Waals surface area (Å²) in [6.07, 6.45) is -0.819. The molecule has 9 nitrogen and oxygen atoms in total. The van der Waals surface area contributed by atoms with E-state index in [2.05, 4.69) is 0 Å². The van der Waals surface area contributed by atoms with Crippen molar-refractivity contribution >= 4 is 23.4 Å². The van der Waals surface area contributed by atoms with Gasteiger partial charge in [0.15, 0.2) is 0 Å². The maximum atomic E-state index is 13.0. The Hall–Kier alpha value is -3.75. The zero-order valence-electron chi connectivity index (χ0n) is 16.4. The largest absolute Gasteiger partial charge is 0.479 e. The summed E-state index contributed by atoms with van der Waals surface area (Å²) in [5, 5.41) is 11.5. The van der Waals surface area contributed by atoms with E-state index in [1.54, 1.807) is 24.3 Å². The lowest BCUT2D eigenvalue weighted by Gasteiger charge is -2.29. The van der Waals surface area contributed by atoms with Crippen LogP contribution in [0.25, 0.3) is 0 Å². The number of nitrogens with zero attached hydrogens (tertiary/aromatic N) is 3. The molecule has 30 heavy (non-hydrogen) atoms. The SMILES string of the molecule is CC(C)N1CC(CN2C(=O)c3ccccc3C2=O)Oc2c(cccc2[N+](=O)[O-])C1=O. The van der Waals surface area contributed by atoms with Crippen LogP contribution in [0, 0.1) is 10.1 Å². The topological polar surface area (TPSA) is 110 Å². The number of ether oxygens (including phenoxy) is 1. The third kappa shape index (κ3) is 3.08. The number of nitro benzene ring substituents is 1. The minimum absolute atomic E-state index is 0.0791. The van der Waals surface area contributed by atoms with Crippen molar-refractivity contribution in [1.82, 2.24) is 9.80 Å². The molecule has 0 bridgehead atoms. The molecular formula is C21H19N3O6. The fraction of sp³-hybridized carbons (Fsp3) is 0.286. The number of carbonyl (C=O) groups is 3. The lowest BCUT2D eigenvalue weighted by atomic mass is 10.1. The highest BCUT2D eigenvalue weighted by Crippen LogP contribution is 2.35. The number of para-hydroxylation sites is 1. The van der Waals surface area contributed by atoms with Gasteiger partial charge in [0.05, 0.1) is 34.7 Å². The summed E-state index contributed by atoms with van der Waals surface area (Å²) in [4.78, 5) is 51.9. The van der Waals surface area contributed by atoms with Crippen LogP contribution in [0.15, 0.2) is 42.5 Å². The molecule has 0 spiro atoms. The fourth-order valence-electron chi connectivity index (χ4n) is 3.77. The van der Waals surface area contributed by atoms with Crippen molar-refractivity contribution in [2.45, 2.75) is 26.0 Å². The minimum Gasteiger partial charge on any atom is -0.479 e. The molecule has 0 aliphatic carbocycles. The van der Waals surface area contributed by atoms with Gasteiger partial charge < -0.3 is 9.64 Å². The Kier molecular flexibility index (Phi) is 4.73. The van der Waals surface area contributed by atoms with Crippen LogP contribution in [0.4, 0.5) is 5.69 Å². The Morgan fingerprint density at radius 1 is 1.00 bits per heavy atom. The van der Waals surface area contributed by atoms with Crippen molar-refractivity contribution in [1.29, 1.82) is 0 Å². The lowest BCUT2D eigenvalue weighted by molar-refractivity contribution is -0.386. The Morgan fingerprint density at radius 2 is 1.60 bits per heavy atom. The van der Waals surface area contributed by atoms with E-state index in [4.69, 9.17) is 4.74 Å². The van der Waals surface area contributed by atoms with Crippen LogP contribution < -0.4 is 4.74 Å². The van der Waals surface area contributed by atoms with Crippen LogP contribution in [-0.2, 0) is 0 Å². The van der Waals surface area contributed by atoms with E-state index in [1.807, 2.05) is 13.8 Å². The Bertz CT molecular complexity index is 1050. The predicted octanol–water partition coefficient (Wildman–Crippen LogP) is 2.50. The van der Waals surface area contributed by atoms with E-state index in [0.717, 1.165) is 4.90 Å². The van der Waals surface area contributed by atoms with Gasteiger partial charge in [-0.05, 0) is 32.0 Å². The average molecular weight is 409 g/mol. The highest BCUT2D eigenvalue weighted by atomic mass is 16.6.